The lowest BCUT2D eigenvalue weighted by atomic mass is 10.0. The standard InChI is InChI=1S/C17H21NO2/c1-3-17(14-7-9-16(20-2)10-8-14)18-12-13-5-4-6-15(19)11-13/h4-11,17-19H,3,12H2,1-2H3. The molecule has 0 aromatic heterocycles. The van der Waals surface area contributed by atoms with Crippen LogP contribution >= 0.6 is 0 Å². The number of rotatable bonds is 6. The van der Waals surface area contributed by atoms with Gasteiger partial charge in [0.15, 0.2) is 0 Å². The maximum Gasteiger partial charge on any atom is 0.118 e. The molecule has 2 aromatic carbocycles. The van der Waals surface area contributed by atoms with Gasteiger partial charge >= 0.3 is 0 Å². The highest BCUT2D eigenvalue weighted by Crippen LogP contribution is 2.21. The van der Waals surface area contributed by atoms with Crippen molar-refractivity contribution in [2.45, 2.75) is 25.9 Å². The molecule has 0 saturated carbocycles. The van der Waals surface area contributed by atoms with Crippen LogP contribution in [0.5, 0.6) is 11.5 Å². The van der Waals surface area contributed by atoms with Gasteiger partial charge in [-0.15, -0.1) is 0 Å². The Balaban J connectivity index is 2.01. The molecular weight excluding hydrogens is 250 g/mol. The lowest BCUT2D eigenvalue weighted by Gasteiger charge is -2.18. The molecule has 0 saturated heterocycles. The molecule has 3 nitrogen and oxygen atoms in total. The van der Waals surface area contributed by atoms with Crippen LogP contribution in [0.3, 0.4) is 0 Å². The molecule has 2 aromatic rings. The smallest absolute Gasteiger partial charge is 0.118 e. The number of hydrogen-bond donors (Lipinski definition) is 2. The first-order valence-electron chi connectivity index (χ1n) is 6.88. The second kappa shape index (κ2) is 6.96. The molecule has 3 heteroatoms. The van der Waals surface area contributed by atoms with E-state index in [0.717, 1.165) is 24.3 Å². The van der Waals surface area contributed by atoms with Gasteiger partial charge in [-0.3, -0.25) is 0 Å². The maximum absolute atomic E-state index is 9.47. The minimum atomic E-state index is 0.295. The number of ether oxygens (including phenoxy) is 1. The van der Waals surface area contributed by atoms with Crippen molar-refractivity contribution >= 4 is 0 Å². The van der Waals surface area contributed by atoms with E-state index in [4.69, 9.17) is 4.74 Å². The van der Waals surface area contributed by atoms with E-state index in [1.165, 1.54) is 5.56 Å². The predicted molar refractivity (Wildman–Crippen MR) is 81.0 cm³/mol. The highest BCUT2D eigenvalue weighted by molar-refractivity contribution is 5.30. The summed E-state index contributed by atoms with van der Waals surface area (Å²) in [5.74, 6) is 1.18. The Morgan fingerprint density at radius 2 is 1.90 bits per heavy atom. The minimum absolute atomic E-state index is 0.295. The third-order valence-corrected chi connectivity index (χ3v) is 3.39. The van der Waals surface area contributed by atoms with Gasteiger partial charge in [-0.25, -0.2) is 0 Å². The summed E-state index contributed by atoms with van der Waals surface area (Å²) in [6, 6.07) is 15.8. The number of phenolic OH excluding ortho intramolecular Hbond substituents is 1. The number of aromatic hydroxyl groups is 1. The monoisotopic (exact) mass is 271 g/mol. The van der Waals surface area contributed by atoms with E-state index in [1.807, 2.05) is 24.3 Å². The second-order valence-electron chi connectivity index (χ2n) is 4.78. The average Bonchev–Trinajstić information content (AvgIpc) is 2.48. The second-order valence-corrected chi connectivity index (χ2v) is 4.78. The molecule has 0 bridgehead atoms. The first kappa shape index (κ1) is 14.4. The van der Waals surface area contributed by atoms with Crippen molar-refractivity contribution in [1.29, 1.82) is 0 Å². The predicted octanol–water partition coefficient (Wildman–Crippen LogP) is 3.64. The highest BCUT2D eigenvalue weighted by Gasteiger charge is 2.08. The molecule has 106 valence electrons. The van der Waals surface area contributed by atoms with E-state index in [9.17, 15) is 5.11 Å². The molecule has 0 amide bonds. The van der Waals surface area contributed by atoms with Gasteiger partial charge in [0.05, 0.1) is 7.11 Å². The van der Waals surface area contributed by atoms with E-state index < -0.39 is 0 Å². The average molecular weight is 271 g/mol. The third kappa shape index (κ3) is 3.75. The van der Waals surface area contributed by atoms with Crippen molar-refractivity contribution in [3.63, 3.8) is 0 Å². The van der Waals surface area contributed by atoms with Crippen molar-refractivity contribution in [1.82, 2.24) is 5.32 Å². The van der Waals surface area contributed by atoms with Gasteiger partial charge in [0.1, 0.15) is 11.5 Å². The Morgan fingerprint density at radius 1 is 1.15 bits per heavy atom. The van der Waals surface area contributed by atoms with Crippen LogP contribution in [0.1, 0.15) is 30.5 Å². The zero-order valence-corrected chi connectivity index (χ0v) is 12.0. The fourth-order valence-electron chi connectivity index (χ4n) is 2.24. The van der Waals surface area contributed by atoms with Crippen molar-refractivity contribution < 1.29 is 9.84 Å². The van der Waals surface area contributed by atoms with Gasteiger partial charge in [-0.05, 0) is 41.8 Å². The summed E-state index contributed by atoms with van der Waals surface area (Å²) in [6.45, 7) is 2.89. The van der Waals surface area contributed by atoms with E-state index in [-0.39, 0.29) is 0 Å². The Bertz CT molecular complexity index is 537. The molecule has 20 heavy (non-hydrogen) atoms. The molecule has 1 atom stereocenters. The molecule has 0 aliphatic rings. The molecule has 2 rings (SSSR count). The largest absolute Gasteiger partial charge is 0.508 e. The van der Waals surface area contributed by atoms with Crippen LogP contribution in [-0.4, -0.2) is 12.2 Å². The van der Waals surface area contributed by atoms with E-state index in [2.05, 4.69) is 24.4 Å². The molecule has 2 N–H and O–H groups in total. The number of phenols is 1. The van der Waals surface area contributed by atoms with E-state index in [1.54, 1.807) is 19.2 Å². The molecule has 0 radical (unpaired) electrons. The summed E-state index contributed by atoms with van der Waals surface area (Å²) < 4.78 is 5.18. The van der Waals surface area contributed by atoms with Gasteiger partial charge in [-0.2, -0.15) is 0 Å². The van der Waals surface area contributed by atoms with Gasteiger partial charge in [-0.1, -0.05) is 31.2 Å². The summed E-state index contributed by atoms with van der Waals surface area (Å²) >= 11 is 0. The fourth-order valence-corrected chi connectivity index (χ4v) is 2.24. The minimum Gasteiger partial charge on any atom is -0.508 e. The zero-order valence-electron chi connectivity index (χ0n) is 12.0. The summed E-state index contributed by atoms with van der Waals surface area (Å²) in [4.78, 5) is 0. The Labute approximate surface area is 120 Å². The van der Waals surface area contributed by atoms with Crippen LogP contribution in [0.2, 0.25) is 0 Å². The van der Waals surface area contributed by atoms with Crippen molar-refractivity contribution in [3.8, 4) is 11.5 Å². The van der Waals surface area contributed by atoms with Gasteiger partial charge in [0.2, 0.25) is 0 Å². The molecule has 1 unspecified atom stereocenters. The van der Waals surface area contributed by atoms with Gasteiger partial charge < -0.3 is 15.2 Å². The summed E-state index contributed by atoms with van der Waals surface area (Å²) in [7, 11) is 1.67. The van der Waals surface area contributed by atoms with Crippen molar-refractivity contribution in [2.24, 2.45) is 0 Å². The summed E-state index contributed by atoms with van der Waals surface area (Å²) in [5, 5.41) is 13.0. The molecule has 0 aliphatic carbocycles. The Morgan fingerprint density at radius 3 is 2.50 bits per heavy atom. The Kier molecular flexibility index (Phi) is 5.02. The first-order chi connectivity index (χ1) is 9.72. The lowest BCUT2D eigenvalue weighted by Crippen LogP contribution is -2.20. The van der Waals surface area contributed by atoms with Crippen LogP contribution in [0.25, 0.3) is 0 Å². The van der Waals surface area contributed by atoms with E-state index in [0.29, 0.717) is 11.8 Å². The van der Waals surface area contributed by atoms with Crippen LogP contribution in [-0.2, 0) is 6.54 Å². The maximum atomic E-state index is 9.47. The van der Waals surface area contributed by atoms with Crippen LogP contribution in [0, 0.1) is 0 Å². The SMILES string of the molecule is CCC(NCc1cccc(O)c1)c1ccc(OC)cc1. The molecule has 0 spiro atoms. The zero-order chi connectivity index (χ0) is 14.4. The first-order valence-corrected chi connectivity index (χ1v) is 6.88. The normalized spacial score (nSPS) is 12.1. The van der Waals surface area contributed by atoms with Crippen molar-refractivity contribution in [2.75, 3.05) is 7.11 Å². The summed E-state index contributed by atoms with van der Waals surface area (Å²) in [5.41, 5.74) is 2.32. The van der Waals surface area contributed by atoms with Crippen LogP contribution < -0.4 is 10.1 Å². The number of hydrogen-bond acceptors (Lipinski definition) is 3. The van der Waals surface area contributed by atoms with E-state index >= 15 is 0 Å². The van der Waals surface area contributed by atoms with Crippen LogP contribution in [0.4, 0.5) is 0 Å². The molecule has 0 heterocycles. The Hall–Kier alpha value is -2.00. The van der Waals surface area contributed by atoms with Crippen LogP contribution in [0.15, 0.2) is 48.5 Å². The topological polar surface area (TPSA) is 41.5 Å². The molecule has 0 aliphatic heterocycles. The quantitative estimate of drug-likeness (QED) is 0.842. The highest BCUT2D eigenvalue weighted by atomic mass is 16.5. The molecule has 0 fully saturated rings. The fraction of sp³-hybridized carbons (Fsp3) is 0.294. The number of methoxy groups -OCH3 is 1. The number of benzene rings is 2. The molecular formula is C17H21NO2. The number of nitrogens with one attached hydrogen (secondary N) is 1. The van der Waals surface area contributed by atoms with Gasteiger partial charge in [0.25, 0.3) is 0 Å². The summed E-state index contributed by atoms with van der Waals surface area (Å²) in [6.07, 6.45) is 1.01. The lowest BCUT2D eigenvalue weighted by molar-refractivity contribution is 0.414. The van der Waals surface area contributed by atoms with Crippen molar-refractivity contribution in [3.05, 3.63) is 59.7 Å². The third-order valence-electron chi connectivity index (χ3n) is 3.39. The van der Waals surface area contributed by atoms with Gasteiger partial charge in [0, 0.05) is 12.6 Å².